The van der Waals surface area contributed by atoms with E-state index in [4.69, 9.17) is 39.5 Å². The number of nitrogens with zero attached hydrogens (tertiary/aromatic N) is 2. The summed E-state index contributed by atoms with van der Waals surface area (Å²) in [6.45, 7) is 0. The second-order valence-electron chi connectivity index (χ2n) is 7.27. The minimum Gasteiger partial charge on any atom is -0.497 e. The molecule has 0 saturated carbocycles. The maximum atomic E-state index is 13.9. The van der Waals surface area contributed by atoms with Crippen LogP contribution in [0.4, 0.5) is 24.7 Å². The SMILES string of the molecule is COc1ccc([C@H]2C[C@H](C(F)(F)F)n3nc(C(=O)Nc4cccc(Cl)c4Cl)c(Cl)c3N2)cc1. The molecular formula is C21H16Cl3F3N4O2. The molecule has 174 valence electrons. The van der Waals surface area contributed by atoms with Crippen molar-refractivity contribution in [1.82, 2.24) is 9.78 Å². The van der Waals surface area contributed by atoms with Crippen LogP contribution in [-0.4, -0.2) is 29.0 Å². The van der Waals surface area contributed by atoms with Crippen LogP contribution < -0.4 is 15.4 Å². The topological polar surface area (TPSA) is 68.2 Å². The van der Waals surface area contributed by atoms with Crippen LogP contribution in [0, 0.1) is 0 Å². The van der Waals surface area contributed by atoms with Crippen molar-refractivity contribution in [2.24, 2.45) is 0 Å². The van der Waals surface area contributed by atoms with E-state index >= 15 is 0 Å². The molecule has 1 aromatic heterocycles. The average molecular weight is 520 g/mol. The summed E-state index contributed by atoms with van der Waals surface area (Å²) in [4.78, 5) is 12.8. The summed E-state index contributed by atoms with van der Waals surface area (Å²) in [5, 5.41) is 9.41. The zero-order valence-electron chi connectivity index (χ0n) is 16.9. The van der Waals surface area contributed by atoms with Gasteiger partial charge in [-0.15, -0.1) is 0 Å². The van der Waals surface area contributed by atoms with Crippen molar-refractivity contribution in [3.63, 3.8) is 0 Å². The first-order valence-corrected chi connectivity index (χ1v) is 10.7. The summed E-state index contributed by atoms with van der Waals surface area (Å²) in [5.41, 5.74) is 0.401. The van der Waals surface area contributed by atoms with Crippen LogP contribution in [0.5, 0.6) is 5.75 Å². The van der Waals surface area contributed by atoms with Crippen molar-refractivity contribution in [3.8, 4) is 5.75 Å². The molecule has 12 heteroatoms. The Labute approximate surface area is 201 Å². The van der Waals surface area contributed by atoms with E-state index in [1.807, 2.05) is 0 Å². The second-order valence-corrected chi connectivity index (χ2v) is 8.44. The molecule has 2 N–H and O–H groups in total. The van der Waals surface area contributed by atoms with Gasteiger partial charge in [-0.1, -0.05) is 53.0 Å². The van der Waals surface area contributed by atoms with E-state index in [9.17, 15) is 18.0 Å². The van der Waals surface area contributed by atoms with E-state index in [2.05, 4.69) is 15.7 Å². The predicted octanol–water partition coefficient (Wildman–Crippen LogP) is 6.76. The summed E-state index contributed by atoms with van der Waals surface area (Å²) < 4.78 is 47.6. The van der Waals surface area contributed by atoms with Crippen LogP contribution in [0.15, 0.2) is 42.5 Å². The van der Waals surface area contributed by atoms with Gasteiger partial charge in [-0.05, 0) is 29.8 Å². The first-order chi connectivity index (χ1) is 15.6. The maximum Gasteiger partial charge on any atom is 0.410 e. The van der Waals surface area contributed by atoms with Crippen LogP contribution >= 0.6 is 34.8 Å². The van der Waals surface area contributed by atoms with Gasteiger partial charge in [0.05, 0.1) is 28.9 Å². The Morgan fingerprint density at radius 3 is 2.48 bits per heavy atom. The quantitative estimate of drug-likeness (QED) is 0.399. The fraction of sp³-hybridized carbons (Fsp3) is 0.238. The Hall–Kier alpha value is -2.62. The van der Waals surface area contributed by atoms with Crippen molar-refractivity contribution >= 4 is 52.2 Å². The highest BCUT2D eigenvalue weighted by Crippen LogP contribution is 2.46. The van der Waals surface area contributed by atoms with Gasteiger partial charge in [0.15, 0.2) is 11.7 Å². The number of fused-ring (bicyclic) bond motifs is 1. The summed E-state index contributed by atoms with van der Waals surface area (Å²) in [7, 11) is 1.50. The molecule has 1 aliphatic heterocycles. The van der Waals surface area contributed by atoms with E-state index in [-0.39, 0.29) is 38.7 Å². The largest absolute Gasteiger partial charge is 0.497 e. The molecule has 1 aliphatic rings. The van der Waals surface area contributed by atoms with Gasteiger partial charge in [-0.2, -0.15) is 18.3 Å². The number of alkyl halides is 3. The van der Waals surface area contributed by atoms with Crippen LogP contribution in [0.2, 0.25) is 15.1 Å². The number of halogens is 6. The van der Waals surface area contributed by atoms with Gasteiger partial charge in [0.1, 0.15) is 16.6 Å². The molecule has 0 radical (unpaired) electrons. The highest BCUT2D eigenvalue weighted by Gasteiger charge is 2.47. The summed E-state index contributed by atoms with van der Waals surface area (Å²) in [5.74, 6) is -0.355. The van der Waals surface area contributed by atoms with E-state index in [0.717, 1.165) is 0 Å². The van der Waals surface area contributed by atoms with Gasteiger partial charge in [-0.3, -0.25) is 4.79 Å². The zero-order valence-corrected chi connectivity index (χ0v) is 19.1. The normalized spacial score (nSPS) is 17.8. The standard InChI is InChI=1S/C21H16Cl3F3N4O2/c1-33-11-7-5-10(6-8-11)14-9-15(21(25,26)27)31-19(28-14)17(24)18(30-31)20(32)29-13-4-2-3-12(22)16(13)23/h2-8,14-15,28H,9H2,1H3,(H,29,32)/t14-,15-/m1/s1. The Balaban J connectivity index is 1.70. The second kappa shape index (κ2) is 8.96. The predicted molar refractivity (Wildman–Crippen MR) is 121 cm³/mol. The molecule has 33 heavy (non-hydrogen) atoms. The van der Waals surface area contributed by atoms with Gasteiger partial charge in [0.25, 0.3) is 5.91 Å². The molecule has 4 rings (SSSR count). The van der Waals surface area contributed by atoms with Crippen LogP contribution in [0.3, 0.4) is 0 Å². The smallest absolute Gasteiger partial charge is 0.410 e. The van der Waals surface area contributed by atoms with Crippen LogP contribution in [0.1, 0.15) is 34.6 Å². The van der Waals surface area contributed by atoms with Crippen molar-refractivity contribution in [2.75, 3.05) is 17.7 Å². The molecule has 3 aromatic rings. The molecule has 0 spiro atoms. The van der Waals surface area contributed by atoms with Crippen LogP contribution in [0.25, 0.3) is 0 Å². The first kappa shape index (κ1) is 23.5. The Bertz CT molecular complexity index is 1200. The number of ether oxygens (including phenoxy) is 1. The number of benzene rings is 2. The maximum absolute atomic E-state index is 13.9. The number of hydrogen-bond acceptors (Lipinski definition) is 4. The monoisotopic (exact) mass is 518 g/mol. The van der Waals surface area contributed by atoms with Crippen LogP contribution in [-0.2, 0) is 0 Å². The fourth-order valence-electron chi connectivity index (χ4n) is 3.57. The molecule has 0 bridgehead atoms. The number of rotatable bonds is 4. The summed E-state index contributed by atoms with van der Waals surface area (Å²) in [6, 6.07) is 8.51. The number of hydrogen-bond donors (Lipinski definition) is 2. The number of methoxy groups -OCH3 is 1. The molecule has 0 aliphatic carbocycles. The Kier molecular flexibility index (Phi) is 6.39. The lowest BCUT2D eigenvalue weighted by atomic mass is 9.97. The minimum absolute atomic E-state index is 0.0819. The number of carbonyl (C=O) groups is 1. The molecule has 1 amide bonds. The van der Waals surface area contributed by atoms with Gasteiger partial charge < -0.3 is 15.4 Å². The molecule has 0 unspecified atom stereocenters. The van der Waals surface area contributed by atoms with Crippen molar-refractivity contribution in [2.45, 2.75) is 24.7 Å². The summed E-state index contributed by atoms with van der Waals surface area (Å²) >= 11 is 18.4. The number of nitrogens with one attached hydrogen (secondary N) is 2. The van der Waals surface area contributed by atoms with Gasteiger partial charge >= 0.3 is 6.18 Å². The number of aromatic nitrogens is 2. The molecular weight excluding hydrogens is 504 g/mol. The lowest BCUT2D eigenvalue weighted by Gasteiger charge is -2.33. The third-order valence-electron chi connectivity index (χ3n) is 5.23. The van der Waals surface area contributed by atoms with Crippen molar-refractivity contribution in [3.05, 3.63) is 68.8 Å². The third-order valence-corrected chi connectivity index (χ3v) is 6.41. The molecule has 2 atom stereocenters. The van der Waals surface area contributed by atoms with E-state index in [1.54, 1.807) is 30.3 Å². The van der Waals surface area contributed by atoms with E-state index in [0.29, 0.717) is 16.0 Å². The summed E-state index contributed by atoms with van der Waals surface area (Å²) in [6.07, 6.45) is -4.97. The van der Waals surface area contributed by atoms with Crippen molar-refractivity contribution in [1.29, 1.82) is 0 Å². The molecule has 2 aromatic carbocycles. The third kappa shape index (κ3) is 4.58. The first-order valence-electron chi connectivity index (χ1n) is 9.60. The number of carbonyl (C=O) groups excluding carboxylic acids is 1. The zero-order chi connectivity index (χ0) is 23.9. The average Bonchev–Trinajstić information content (AvgIpc) is 3.12. The van der Waals surface area contributed by atoms with E-state index in [1.165, 1.54) is 19.2 Å². The Morgan fingerprint density at radius 1 is 1.15 bits per heavy atom. The fourth-order valence-corrected chi connectivity index (χ4v) is 4.18. The van der Waals surface area contributed by atoms with Gasteiger partial charge in [0, 0.05) is 6.42 Å². The highest BCUT2D eigenvalue weighted by molar-refractivity contribution is 6.44. The van der Waals surface area contributed by atoms with E-state index < -0.39 is 24.2 Å². The Morgan fingerprint density at radius 2 is 1.85 bits per heavy atom. The molecule has 0 saturated heterocycles. The highest BCUT2D eigenvalue weighted by atomic mass is 35.5. The lowest BCUT2D eigenvalue weighted by Crippen LogP contribution is -2.35. The van der Waals surface area contributed by atoms with Gasteiger partial charge in [-0.25, -0.2) is 4.68 Å². The lowest BCUT2D eigenvalue weighted by molar-refractivity contribution is -0.173. The minimum atomic E-state index is -4.62. The molecule has 0 fully saturated rings. The molecule has 2 heterocycles. The van der Waals surface area contributed by atoms with Crippen molar-refractivity contribution < 1.29 is 22.7 Å². The number of amides is 1. The van der Waals surface area contributed by atoms with Gasteiger partial charge in [0.2, 0.25) is 0 Å². The number of anilines is 2. The molecule has 6 nitrogen and oxygen atoms in total.